The van der Waals surface area contributed by atoms with Crippen LogP contribution in [-0.2, 0) is 4.74 Å². The van der Waals surface area contributed by atoms with Gasteiger partial charge in [-0.2, -0.15) is 0 Å². The first-order valence-electron chi connectivity index (χ1n) is 9.12. The molecule has 2 aromatic carbocycles. The molecule has 1 heterocycles. The minimum atomic E-state index is -1.79. The van der Waals surface area contributed by atoms with E-state index in [0.29, 0.717) is 15.7 Å². The molecule has 0 unspecified atom stereocenters. The maximum atomic E-state index is 11.4. The summed E-state index contributed by atoms with van der Waals surface area (Å²) in [5.74, 6) is -0.0216. The summed E-state index contributed by atoms with van der Waals surface area (Å²) in [6.07, 6.45) is -4.42. The number of alkyl halides is 1. The van der Waals surface area contributed by atoms with Gasteiger partial charge in [0.05, 0.1) is 6.10 Å². The molecule has 1 fully saturated rings. The molecule has 7 nitrogen and oxygen atoms in total. The second-order valence-corrected chi connectivity index (χ2v) is 8.25. The van der Waals surface area contributed by atoms with Crippen molar-refractivity contribution in [1.82, 2.24) is 0 Å². The van der Waals surface area contributed by atoms with Crippen molar-refractivity contribution in [1.29, 1.82) is 0 Å². The molecule has 0 radical (unpaired) electrons. The van der Waals surface area contributed by atoms with E-state index in [9.17, 15) is 20.1 Å². The number of ether oxygens (including phenoxy) is 2. The first-order valence-corrected chi connectivity index (χ1v) is 10.6. The Morgan fingerprint density at radius 2 is 1.93 bits per heavy atom. The van der Waals surface area contributed by atoms with E-state index in [1.54, 1.807) is 24.3 Å². The smallest absolute Gasteiger partial charge is 0.248 e. The Morgan fingerprint density at radius 1 is 1.24 bits per heavy atom. The predicted octanol–water partition coefficient (Wildman–Crippen LogP) is 1.77. The van der Waals surface area contributed by atoms with Gasteiger partial charge in [0, 0.05) is 9.99 Å². The summed E-state index contributed by atoms with van der Waals surface area (Å²) >= 11 is 2.04. The van der Waals surface area contributed by atoms with Crippen LogP contribution in [0.5, 0.6) is 5.75 Å². The van der Waals surface area contributed by atoms with Gasteiger partial charge in [0.1, 0.15) is 18.0 Å². The van der Waals surface area contributed by atoms with Gasteiger partial charge in [-0.05, 0) is 54.8 Å². The summed E-state index contributed by atoms with van der Waals surface area (Å²) in [5.41, 5.74) is 6.46. The number of aryl methyl sites for hydroxylation is 1. The SMILES string of the molecule is Cc1cc(-c2cccc(C(N)=O)c2)ccc1O[C@H]1O[C@H](CI)[C@@H](O)[C@H](O)[C@]1(C)O. The van der Waals surface area contributed by atoms with Gasteiger partial charge in [0.25, 0.3) is 0 Å². The summed E-state index contributed by atoms with van der Waals surface area (Å²) in [6, 6.07) is 12.4. The highest BCUT2D eigenvalue weighted by Gasteiger charge is 2.53. The largest absolute Gasteiger partial charge is 0.461 e. The van der Waals surface area contributed by atoms with Gasteiger partial charge in [-0.25, -0.2) is 0 Å². The third-order valence-corrected chi connectivity index (χ3v) is 5.99. The number of primary amides is 1. The quantitative estimate of drug-likeness (QED) is 0.357. The highest BCUT2D eigenvalue weighted by Crippen LogP contribution is 2.34. The Morgan fingerprint density at radius 3 is 2.55 bits per heavy atom. The van der Waals surface area contributed by atoms with Crippen molar-refractivity contribution in [3.8, 4) is 16.9 Å². The zero-order valence-corrected chi connectivity index (χ0v) is 18.2. The number of nitrogens with two attached hydrogens (primary N) is 1. The standard InChI is InChI=1S/C21H24INO6/c1-11-8-13(12-4-3-5-14(9-12)19(23)26)6-7-15(11)28-20-21(2,27)18(25)17(24)16(10-22)29-20/h3-9,16-18,20,24-25,27H,10H2,1-2H3,(H2,23,26)/t16-,17-,18+,20+,21+/m1/s1. The molecule has 5 N–H and O–H groups in total. The lowest BCUT2D eigenvalue weighted by Gasteiger charge is -2.46. The number of hydrogen-bond acceptors (Lipinski definition) is 6. The van der Waals surface area contributed by atoms with E-state index in [0.717, 1.165) is 16.7 Å². The number of hydrogen-bond donors (Lipinski definition) is 4. The van der Waals surface area contributed by atoms with E-state index in [2.05, 4.69) is 0 Å². The van der Waals surface area contributed by atoms with Crippen LogP contribution in [0.3, 0.4) is 0 Å². The van der Waals surface area contributed by atoms with Crippen LogP contribution in [-0.4, -0.2) is 55.9 Å². The molecule has 1 saturated heterocycles. The monoisotopic (exact) mass is 513 g/mol. The summed E-state index contributed by atoms with van der Waals surface area (Å²) < 4.78 is 12.0. The summed E-state index contributed by atoms with van der Waals surface area (Å²) in [5, 5.41) is 31.0. The van der Waals surface area contributed by atoms with Crippen molar-refractivity contribution < 1.29 is 29.6 Å². The van der Waals surface area contributed by atoms with Gasteiger partial charge in [0.2, 0.25) is 12.2 Å². The third-order valence-electron chi connectivity index (χ3n) is 5.12. The lowest BCUT2D eigenvalue weighted by Crippen LogP contribution is -2.66. The van der Waals surface area contributed by atoms with Crippen LogP contribution in [0.15, 0.2) is 42.5 Å². The van der Waals surface area contributed by atoms with Crippen molar-refractivity contribution in [3.63, 3.8) is 0 Å². The zero-order valence-electron chi connectivity index (χ0n) is 16.1. The molecule has 3 rings (SSSR count). The maximum Gasteiger partial charge on any atom is 0.248 e. The number of benzene rings is 2. The van der Waals surface area contributed by atoms with Crippen molar-refractivity contribution in [3.05, 3.63) is 53.6 Å². The molecule has 0 aromatic heterocycles. The zero-order chi connectivity index (χ0) is 21.3. The summed E-state index contributed by atoms with van der Waals surface area (Å²) in [4.78, 5) is 11.4. The van der Waals surface area contributed by atoms with Crippen LogP contribution in [0.4, 0.5) is 0 Å². The van der Waals surface area contributed by atoms with Crippen molar-refractivity contribution in [2.45, 2.75) is 44.1 Å². The Kier molecular flexibility index (Phi) is 6.49. The fourth-order valence-corrected chi connectivity index (χ4v) is 4.00. The van der Waals surface area contributed by atoms with Gasteiger partial charge in [-0.1, -0.05) is 40.8 Å². The van der Waals surface area contributed by atoms with Crippen molar-refractivity contribution in [2.75, 3.05) is 4.43 Å². The molecule has 0 saturated carbocycles. The van der Waals surface area contributed by atoms with E-state index in [1.165, 1.54) is 6.92 Å². The summed E-state index contributed by atoms with van der Waals surface area (Å²) in [7, 11) is 0. The van der Waals surface area contributed by atoms with Gasteiger partial charge < -0.3 is 30.5 Å². The first kappa shape index (κ1) is 22.0. The molecule has 0 aliphatic carbocycles. The van der Waals surface area contributed by atoms with Crippen LogP contribution in [0.2, 0.25) is 0 Å². The number of aliphatic hydroxyl groups excluding tert-OH is 2. The normalized spacial score (nSPS) is 29.4. The van der Waals surface area contributed by atoms with Crippen LogP contribution < -0.4 is 10.5 Å². The molecular weight excluding hydrogens is 489 g/mol. The van der Waals surface area contributed by atoms with Crippen LogP contribution in [0, 0.1) is 6.92 Å². The fraction of sp³-hybridized carbons (Fsp3) is 0.381. The van der Waals surface area contributed by atoms with E-state index in [1.807, 2.05) is 47.7 Å². The van der Waals surface area contributed by atoms with Crippen LogP contribution >= 0.6 is 22.6 Å². The van der Waals surface area contributed by atoms with E-state index in [4.69, 9.17) is 15.2 Å². The highest BCUT2D eigenvalue weighted by molar-refractivity contribution is 14.1. The second-order valence-electron chi connectivity index (χ2n) is 7.37. The van der Waals surface area contributed by atoms with Gasteiger partial charge in [0.15, 0.2) is 5.60 Å². The number of halogens is 1. The average Bonchev–Trinajstić information content (AvgIpc) is 2.70. The Hall–Kier alpha value is -1.72. The molecule has 5 atom stereocenters. The minimum Gasteiger partial charge on any atom is -0.461 e. The fourth-order valence-electron chi connectivity index (χ4n) is 3.27. The number of carbonyl (C=O) groups is 1. The first-order chi connectivity index (χ1) is 13.6. The van der Waals surface area contributed by atoms with Gasteiger partial charge in [-0.15, -0.1) is 0 Å². The number of carbonyl (C=O) groups excluding carboxylic acids is 1. The lowest BCUT2D eigenvalue weighted by atomic mass is 9.88. The van der Waals surface area contributed by atoms with E-state index in [-0.39, 0.29) is 0 Å². The summed E-state index contributed by atoms with van der Waals surface area (Å²) in [6.45, 7) is 3.21. The second kappa shape index (κ2) is 8.57. The minimum absolute atomic E-state index is 0.421. The molecule has 8 heteroatoms. The molecule has 2 aromatic rings. The Labute approximate surface area is 182 Å². The van der Waals surface area contributed by atoms with E-state index >= 15 is 0 Å². The average molecular weight is 513 g/mol. The third kappa shape index (κ3) is 4.41. The molecule has 1 aliphatic heterocycles. The van der Waals surface area contributed by atoms with Gasteiger partial charge in [-0.3, -0.25) is 4.79 Å². The highest BCUT2D eigenvalue weighted by atomic mass is 127. The van der Waals surface area contributed by atoms with Crippen LogP contribution in [0.1, 0.15) is 22.8 Å². The van der Waals surface area contributed by atoms with Gasteiger partial charge >= 0.3 is 0 Å². The molecule has 0 spiro atoms. The number of aliphatic hydroxyl groups is 3. The van der Waals surface area contributed by atoms with Crippen LogP contribution in [0.25, 0.3) is 11.1 Å². The molecule has 1 aliphatic rings. The lowest BCUT2D eigenvalue weighted by molar-refractivity contribution is -0.306. The molecule has 0 bridgehead atoms. The molecule has 156 valence electrons. The molecule has 29 heavy (non-hydrogen) atoms. The Balaban J connectivity index is 1.85. The molecule has 1 amide bonds. The Bertz CT molecular complexity index is 902. The molecular formula is C21H24INO6. The van der Waals surface area contributed by atoms with Crippen molar-refractivity contribution in [2.24, 2.45) is 5.73 Å². The number of rotatable bonds is 5. The number of amides is 1. The topological polar surface area (TPSA) is 122 Å². The van der Waals surface area contributed by atoms with E-state index < -0.39 is 36.1 Å². The van der Waals surface area contributed by atoms with Crippen molar-refractivity contribution >= 4 is 28.5 Å². The maximum absolute atomic E-state index is 11.4. The predicted molar refractivity (Wildman–Crippen MR) is 116 cm³/mol.